The lowest BCUT2D eigenvalue weighted by Gasteiger charge is -2.21. The zero-order valence-corrected chi connectivity index (χ0v) is 9.34. The Morgan fingerprint density at radius 2 is 1.71 bits per heavy atom. The molecule has 1 aromatic rings. The molecule has 0 fully saturated rings. The topological polar surface area (TPSA) is 80.5 Å². The maximum absolute atomic E-state index is 12.0. The van der Waals surface area contributed by atoms with E-state index in [1.165, 1.54) is 0 Å². The summed E-state index contributed by atoms with van der Waals surface area (Å²) in [7, 11) is 0. The number of imide groups is 1. The van der Waals surface area contributed by atoms with Gasteiger partial charge in [-0.1, -0.05) is 19.1 Å². The Bertz CT molecular complexity index is 475. The molecule has 88 valence electrons. The largest absolute Gasteiger partial charge is 0.368 e. The number of nitrogens with zero attached hydrogens (tertiary/aromatic N) is 1. The van der Waals surface area contributed by atoms with Gasteiger partial charge in [0.2, 0.25) is 5.91 Å². The Labute approximate surface area is 98.2 Å². The van der Waals surface area contributed by atoms with E-state index in [4.69, 9.17) is 5.73 Å². The second-order valence-corrected chi connectivity index (χ2v) is 3.85. The minimum atomic E-state index is -0.873. The summed E-state index contributed by atoms with van der Waals surface area (Å²) in [4.78, 5) is 36.2. The average molecular weight is 232 g/mol. The summed E-state index contributed by atoms with van der Waals surface area (Å²) in [6.45, 7) is 1.71. The van der Waals surface area contributed by atoms with E-state index in [0.717, 1.165) is 4.90 Å². The van der Waals surface area contributed by atoms with Crippen molar-refractivity contribution in [1.29, 1.82) is 0 Å². The lowest BCUT2D eigenvalue weighted by atomic mass is 10.1. The van der Waals surface area contributed by atoms with Gasteiger partial charge in [-0.05, 0) is 18.6 Å². The average Bonchev–Trinajstić information content (AvgIpc) is 2.56. The third-order valence-electron chi connectivity index (χ3n) is 2.85. The van der Waals surface area contributed by atoms with Crippen LogP contribution in [0.1, 0.15) is 34.1 Å². The van der Waals surface area contributed by atoms with Gasteiger partial charge in [-0.3, -0.25) is 19.3 Å². The van der Waals surface area contributed by atoms with Crippen molar-refractivity contribution in [3.8, 4) is 0 Å². The molecule has 2 N–H and O–H groups in total. The number of amides is 3. The highest BCUT2D eigenvalue weighted by Gasteiger charge is 2.40. The van der Waals surface area contributed by atoms with E-state index < -0.39 is 23.8 Å². The molecule has 0 aromatic heterocycles. The zero-order chi connectivity index (χ0) is 12.6. The first-order chi connectivity index (χ1) is 8.07. The van der Waals surface area contributed by atoms with E-state index in [1.54, 1.807) is 31.2 Å². The van der Waals surface area contributed by atoms with Crippen molar-refractivity contribution in [2.45, 2.75) is 19.4 Å². The molecule has 0 radical (unpaired) electrons. The van der Waals surface area contributed by atoms with E-state index in [0.29, 0.717) is 17.5 Å². The van der Waals surface area contributed by atoms with Gasteiger partial charge < -0.3 is 5.73 Å². The van der Waals surface area contributed by atoms with Crippen molar-refractivity contribution >= 4 is 17.7 Å². The van der Waals surface area contributed by atoms with Crippen LogP contribution >= 0.6 is 0 Å². The molecule has 1 aromatic carbocycles. The monoisotopic (exact) mass is 232 g/mol. The Morgan fingerprint density at radius 3 is 2.06 bits per heavy atom. The van der Waals surface area contributed by atoms with Crippen molar-refractivity contribution in [2.75, 3.05) is 0 Å². The Morgan fingerprint density at radius 1 is 1.24 bits per heavy atom. The van der Waals surface area contributed by atoms with Gasteiger partial charge in [-0.2, -0.15) is 0 Å². The van der Waals surface area contributed by atoms with Crippen LogP contribution in [0.2, 0.25) is 0 Å². The summed E-state index contributed by atoms with van der Waals surface area (Å²) >= 11 is 0. The third-order valence-corrected chi connectivity index (χ3v) is 2.85. The highest BCUT2D eigenvalue weighted by Crippen LogP contribution is 2.25. The van der Waals surface area contributed by atoms with Crippen LogP contribution in [0, 0.1) is 0 Å². The van der Waals surface area contributed by atoms with Crippen LogP contribution < -0.4 is 5.73 Å². The molecule has 1 aliphatic heterocycles. The number of hydrogen-bond acceptors (Lipinski definition) is 3. The Hall–Kier alpha value is -2.17. The lowest BCUT2D eigenvalue weighted by Crippen LogP contribution is -2.47. The van der Waals surface area contributed by atoms with E-state index >= 15 is 0 Å². The third kappa shape index (κ3) is 1.60. The number of carbonyl (C=O) groups excluding carboxylic acids is 3. The lowest BCUT2D eigenvalue weighted by molar-refractivity contribution is -0.121. The van der Waals surface area contributed by atoms with E-state index in [-0.39, 0.29) is 0 Å². The molecule has 0 saturated carbocycles. The minimum absolute atomic E-state index is 0.320. The van der Waals surface area contributed by atoms with Crippen LogP contribution in [0.5, 0.6) is 0 Å². The fourth-order valence-corrected chi connectivity index (χ4v) is 2.00. The molecule has 1 heterocycles. The molecule has 0 saturated heterocycles. The Balaban J connectivity index is 2.46. The molecule has 0 spiro atoms. The predicted molar refractivity (Wildman–Crippen MR) is 60.2 cm³/mol. The molecule has 0 unspecified atom stereocenters. The number of fused-ring (bicyclic) bond motifs is 1. The van der Waals surface area contributed by atoms with Crippen molar-refractivity contribution in [3.63, 3.8) is 0 Å². The van der Waals surface area contributed by atoms with Gasteiger partial charge in [0, 0.05) is 0 Å². The number of primary amides is 1. The highest BCUT2D eigenvalue weighted by molar-refractivity contribution is 6.22. The first-order valence-electron chi connectivity index (χ1n) is 5.34. The molecule has 17 heavy (non-hydrogen) atoms. The molecule has 5 nitrogen and oxygen atoms in total. The van der Waals surface area contributed by atoms with Crippen LogP contribution in [-0.2, 0) is 4.79 Å². The molecule has 0 bridgehead atoms. The van der Waals surface area contributed by atoms with Gasteiger partial charge >= 0.3 is 0 Å². The van der Waals surface area contributed by atoms with Crippen molar-refractivity contribution in [1.82, 2.24) is 4.90 Å². The van der Waals surface area contributed by atoms with Crippen LogP contribution in [0.4, 0.5) is 0 Å². The van der Waals surface area contributed by atoms with Gasteiger partial charge in [0.1, 0.15) is 6.04 Å². The number of benzene rings is 1. The summed E-state index contributed by atoms with van der Waals surface area (Å²) in [5.74, 6) is -1.56. The second-order valence-electron chi connectivity index (χ2n) is 3.85. The van der Waals surface area contributed by atoms with E-state index in [1.807, 2.05) is 0 Å². The molecule has 5 heteroatoms. The standard InChI is InChI=1S/C12H12N2O3/c1-2-9(10(13)15)14-11(16)7-5-3-4-6-8(7)12(14)17/h3-6,9H,2H2,1H3,(H2,13,15)/t9-/m1/s1. The van der Waals surface area contributed by atoms with Gasteiger partial charge in [0.05, 0.1) is 11.1 Å². The molecule has 2 rings (SSSR count). The molecule has 1 atom stereocenters. The highest BCUT2D eigenvalue weighted by atomic mass is 16.2. The Kier molecular flexibility index (Phi) is 2.67. The van der Waals surface area contributed by atoms with Crippen LogP contribution in [-0.4, -0.2) is 28.7 Å². The number of rotatable bonds is 3. The molecule has 0 aliphatic carbocycles. The molecular formula is C12H12N2O3. The van der Waals surface area contributed by atoms with Crippen molar-refractivity contribution < 1.29 is 14.4 Å². The SMILES string of the molecule is CC[C@H](C(N)=O)N1C(=O)c2ccccc2C1=O. The van der Waals surface area contributed by atoms with Gasteiger partial charge in [0.25, 0.3) is 11.8 Å². The summed E-state index contributed by atoms with van der Waals surface area (Å²) in [5, 5.41) is 0. The predicted octanol–water partition coefficient (Wildman–Crippen LogP) is 0.546. The number of hydrogen-bond donors (Lipinski definition) is 1. The fourth-order valence-electron chi connectivity index (χ4n) is 2.00. The quantitative estimate of drug-likeness (QED) is 0.772. The summed E-state index contributed by atoms with van der Waals surface area (Å²) < 4.78 is 0. The maximum atomic E-state index is 12.0. The van der Waals surface area contributed by atoms with Gasteiger partial charge in [0.15, 0.2) is 0 Å². The smallest absolute Gasteiger partial charge is 0.262 e. The van der Waals surface area contributed by atoms with Crippen LogP contribution in [0.3, 0.4) is 0 Å². The maximum Gasteiger partial charge on any atom is 0.262 e. The van der Waals surface area contributed by atoms with Crippen LogP contribution in [0.25, 0.3) is 0 Å². The number of nitrogens with two attached hydrogens (primary N) is 1. The normalized spacial score (nSPS) is 15.9. The minimum Gasteiger partial charge on any atom is -0.368 e. The zero-order valence-electron chi connectivity index (χ0n) is 9.34. The fraction of sp³-hybridized carbons (Fsp3) is 0.250. The second kappa shape index (κ2) is 4.01. The van der Waals surface area contributed by atoms with E-state index in [2.05, 4.69) is 0 Å². The van der Waals surface area contributed by atoms with Gasteiger partial charge in [-0.15, -0.1) is 0 Å². The summed E-state index contributed by atoms with van der Waals surface area (Å²) in [6.07, 6.45) is 0.320. The molecular weight excluding hydrogens is 220 g/mol. The van der Waals surface area contributed by atoms with Crippen LogP contribution in [0.15, 0.2) is 24.3 Å². The van der Waals surface area contributed by atoms with E-state index in [9.17, 15) is 14.4 Å². The molecule has 3 amide bonds. The summed E-state index contributed by atoms with van der Waals surface area (Å²) in [6, 6.07) is 5.63. The number of carbonyl (C=O) groups is 3. The van der Waals surface area contributed by atoms with Gasteiger partial charge in [-0.25, -0.2) is 0 Å². The first kappa shape index (κ1) is 11.3. The van der Waals surface area contributed by atoms with Crippen molar-refractivity contribution in [3.05, 3.63) is 35.4 Å². The first-order valence-corrected chi connectivity index (χ1v) is 5.34. The summed E-state index contributed by atoms with van der Waals surface area (Å²) in [5.41, 5.74) is 5.86. The molecule has 1 aliphatic rings. The van der Waals surface area contributed by atoms with Crippen molar-refractivity contribution in [2.24, 2.45) is 5.73 Å².